The summed E-state index contributed by atoms with van der Waals surface area (Å²) in [6.07, 6.45) is 0. The largest absolute Gasteiger partial charge is 0.274 e. The van der Waals surface area contributed by atoms with E-state index >= 15 is 0 Å². The van der Waals surface area contributed by atoms with Gasteiger partial charge in [0.2, 0.25) is 0 Å². The van der Waals surface area contributed by atoms with Crippen molar-refractivity contribution in [2.75, 3.05) is 0 Å². The van der Waals surface area contributed by atoms with E-state index in [0.29, 0.717) is 5.82 Å². The molecule has 0 saturated carbocycles. The molecule has 0 aliphatic carbocycles. The number of H-pyrrole nitrogens is 1. The van der Waals surface area contributed by atoms with Gasteiger partial charge in [-0.15, -0.1) is 0 Å². The van der Waals surface area contributed by atoms with Crippen molar-refractivity contribution in [3.05, 3.63) is 87.8 Å². The third-order valence-corrected chi connectivity index (χ3v) is 4.50. The number of fused-ring (bicyclic) bond motifs is 1. The van der Waals surface area contributed by atoms with Gasteiger partial charge in [0, 0.05) is 17.2 Å². The van der Waals surface area contributed by atoms with Crippen LogP contribution in [0.4, 0.5) is 8.78 Å². The van der Waals surface area contributed by atoms with E-state index in [1.807, 2.05) is 30.3 Å². The van der Waals surface area contributed by atoms with E-state index in [1.165, 1.54) is 22.7 Å². The fourth-order valence-electron chi connectivity index (χ4n) is 2.65. The second-order valence-electron chi connectivity index (χ2n) is 5.64. The van der Waals surface area contributed by atoms with Gasteiger partial charge in [0.05, 0.1) is 10.9 Å². The van der Waals surface area contributed by atoms with Crippen molar-refractivity contribution in [1.82, 2.24) is 19.6 Å². The molecule has 130 valence electrons. The Hall–Kier alpha value is -3.00. The van der Waals surface area contributed by atoms with Crippen LogP contribution in [0.25, 0.3) is 17.2 Å². The summed E-state index contributed by atoms with van der Waals surface area (Å²) in [5.41, 5.74) is 0.561. The SMILES string of the molecule is O=c1cc(C(S)c2cccc(F)c2F)nc2nc(-c3ccccc3)[nH]n12. The van der Waals surface area contributed by atoms with E-state index in [0.717, 1.165) is 11.6 Å². The van der Waals surface area contributed by atoms with E-state index in [2.05, 4.69) is 27.7 Å². The summed E-state index contributed by atoms with van der Waals surface area (Å²) in [7, 11) is 0. The van der Waals surface area contributed by atoms with Crippen LogP contribution < -0.4 is 5.56 Å². The summed E-state index contributed by atoms with van der Waals surface area (Å²) in [5.74, 6) is -1.39. The van der Waals surface area contributed by atoms with Crippen LogP contribution in [0.2, 0.25) is 0 Å². The highest BCUT2D eigenvalue weighted by Crippen LogP contribution is 2.29. The van der Waals surface area contributed by atoms with Gasteiger partial charge >= 0.3 is 0 Å². The van der Waals surface area contributed by atoms with Crippen LogP contribution in [0.5, 0.6) is 0 Å². The number of hydrogen-bond donors (Lipinski definition) is 2. The lowest BCUT2D eigenvalue weighted by Crippen LogP contribution is -2.17. The molecule has 0 aliphatic heterocycles. The van der Waals surface area contributed by atoms with Gasteiger partial charge < -0.3 is 0 Å². The molecule has 0 bridgehead atoms. The van der Waals surface area contributed by atoms with E-state index in [1.54, 1.807) is 0 Å². The second-order valence-corrected chi connectivity index (χ2v) is 6.15. The standard InChI is InChI=1S/C18H12F2N4OS/c19-12-8-4-7-11(15(12)20)16(26)13-9-14(25)24-18(21-13)22-17(23-24)10-5-2-1-3-6-10/h1-9,16,26H,(H,21,22,23). The molecule has 4 aromatic rings. The topological polar surface area (TPSA) is 63.0 Å². The van der Waals surface area contributed by atoms with Crippen molar-refractivity contribution in [2.24, 2.45) is 0 Å². The van der Waals surface area contributed by atoms with Gasteiger partial charge in [-0.05, 0) is 6.07 Å². The fraction of sp³-hybridized carbons (Fsp3) is 0.0556. The van der Waals surface area contributed by atoms with Crippen LogP contribution >= 0.6 is 12.6 Å². The average molecular weight is 370 g/mol. The number of benzene rings is 2. The van der Waals surface area contributed by atoms with Gasteiger partial charge in [-0.25, -0.2) is 13.8 Å². The molecule has 26 heavy (non-hydrogen) atoms. The normalized spacial score (nSPS) is 12.4. The maximum Gasteiger partial charge on any atom is 0.274 e. The Kier molecular flexibility index (Phi) is 4.04. The quantitative estimate of drug-likeness (QED) is 0.544. The lowest BCUT2D eigenvalue weighted by Gasteiger charge is -2.11. The molecule has 2 aromatic heterocycles. The Labute approximate surface area is 151 Å². The Bertz CT molecular complexity index is 1160. The minimum absolute atomic E-state index is 0.00315. The first-order valence-corrected chi connectivity index (χ1v) is 8.23. The first-order valence-electron chi connectivity index (χ1n) is 7.71. The number of halogens is 2. The molecule has 1 unspecified atom stereocenters. The average Bonchev–Trinajstić information content (AvgIpc) is 3.09. The third kappa shape index (κ3) is 2.78. The Morgan fingerprint density at radius 2 is 1.81 bits per heavy atom. The molecular formula is C18H12F2N4OS. The smallest absolute Gasteiger partial charge is 0.271 e. The summed E-state index contributed by atoms with van der Waals surface area (Å²) in [5, 5.41) is 1.98. The first kappa shape index (κ1) is 16.5. The maximum absolute atomic E-state index is 14.0. The van der Waals surface area contributed by atoms with Crippen LogP contribution in [-0.2, 0) is 0 Å². The van der Waals surface area contributed by atoms with Crippen molar-refractivity contribution >= 4 is 18.4 Å². The number of rotatable bonds is 3. The summed E-state index contributed by atoms with van der Waals surface area (Å²) in [4.78, 5) is 21.0. The van der Waals surface area contributed by atoms with E-state index in [-0.39, 0.29) is 17.0 Å². The van der Waals surface area contributed by atoms with Gasteiger partial charge in [-0.3, -0.25) is 9.89 Å². The molecule has 0 radical (unpaired) electrons. The first-order chi connectivity index (χ1) is 12.5. The van der Waals surface area contributed by atoms with Crippen molar-refractivity contribution in [1.29, 1.82) is 0 Å². The minimum Gasteiger partial charge on any atom is -0.271 e. The summed E-state index contributed by atoms with van der Waals surface area (Å²) < 4.78 is 28.7. The molecule has 0 amide bonds. The molecule has 0 saturated heterocycles. The monoisotopic (exact) mass is 370 g/mol. The molecule has 2 aromatic carbocycles. The van der Waals surface area contributed by atoms with Gasteiger partial charge in [-0.1, -0.05) is 42.5 Å². The van der Waals surface area contributed by atoms with Crippen LogP contribution in [0.1, 0.15) is 16.5 Å². The van der Waals surface area contributed by atoms with E-state index in [4.69, 9.17) is 0 Å². The number of thiol groups is 1. The van der Waals surface area contributed by atoms with Gasteiger partial charge in [0.25, 0.3) is 11.3 Å². The fourth-order valence-corrected chi connectivity index (χ4v) is 2.99. The zero-order valence-electron chi connectivity index (χ0n) is 13.2. The van der Waals surface area contributed by atoms with E-state index < -0.39 is 22.4 Å². The number of hydrogen-bond acceptors (Lipinski definition) is 4. The van der Waals surface area contributed by atoms with Gasteiger partial charge in [0.1, 0.15) is 0 Å². The minimum atomic E-state index is -1.01. The molecule has 4 rings (SSSR count). The van der Waals surface area contributed by atoms with Gasteiger partial charge in [-0.2, -0.15) is 22.1 Å². The molecule has 0 spiro atoms. The highest BCUT2D eigenvalue weighted by molar-refractivity contribution is 7.80. The lowest BCUT2D eigenvalue weighted by atomic mass is 10.1. The number of aromatic amines is 1. The molecule has 1 N–H and O–H groups in total. The highest BCUT2D eigenvalue weighted by atomic mass is 32.1. The lowest BCUT2D eigenvalue weighted by molar-refractivity contribution is 0.500. The molecule has 1 atom stereocenters. The van der Waals surface area contributed by atoms with Crippen LogP contribution in [0.15, 0.2) is 59.4 Å². The Balaban J connectivity index is 1.82. The third-order valence-electron chi connectivity index (χ3n) is 3.95. The summed E-state index contributed by atoms with van der Waals surface area (Å²) >= 11 is 4.32. The van der Waals surface area contributed by atoms with E-state index in [9.17, 15) is 13.6 Å². The Morgan fingerprint density at radius 3 is 2.58 bits per heavy atom. The zero-order chi connectivity index (χ0) is 18.3. The van der Waals surface area contributed by atoms with Crippen molar-refractivity contribution in [2.45, 2.75) is 5.25 Å². The number of nitrogens with zero attached hydrogens (tertiary/aromatic N) is 3. The van der Waals surface area contributed by atoms with Crippen molar-refractivity contribution in [3.63, 3.8) is 0 Å². The molecule has 5 nitrogen and oxygen atoms in total. The Morgan fingerprint density at radius 1 is 1.04 bits per heavy atom. The molecule has 0 aliphatic rings. The van der Waals surface area contributed by atoms with Crippen molar-refractivity contribution < 1.29 is 8.78 Å². The number of aromatic nitrogens is 4. The molecule has 0 fully saturated rings. The molecule has 8 heteroatoms. The summed E-state index contributed by atoms with van der Waals surface area (Å²) in [6, 6.07) is 14.3. The van der Waals surface area contributed by atoms with Crippen LogP contribution in [0.3, 0.4) is 0 Å². The highest BCUT2D eigenvalue weighted by Gasteiger charge is 2.20. The summed E-state index contributed by atoms with van der Waals surface area (Å²) in [6.45, 7) is 0. The predicted octanol–water partition coefficient (Wildman–Crippen LogP) is 3.38. The molecule has 2 heterocycles. The maximum atomic E-state index is 14.0. The second kappa shape index (κ2) is 6.38. The van der Waals surface area contributed by atoms with Crippen molar-refractivity contribution in [3.8, 4) is 11.4 Å². The number of nitrogens with one attached hydrogen (secondary N) is 1. The van der Waals surface area contributed by atoms with Crippen LogP contribution in [-0.4, -0.2) is 19.6 Å². The predicted molar refractivity (Wildman–Crippen MR) is 96.2 cm³/mol. The van der Waals surface area contributed by atoms with Gasteiger partial charge in [0.15, 0.2) is 17.5 Å². The molecular weight excluding hydrogens is 358 g/mol. The van der Waals surface area contributed by atoms with Crippen LogP contribution in [0, 0.1) is 11.6 Å². The zero-order valence-corrected chi connectivity index (χ0v) is 14.1.